The molecule has 0 atom stereocenters. The van der Waals surface area contributed by atoms with Gasteiger partial charge in [-0.15, -0.1) is 0 Å². The van der Waals surface area contributed by atoms with E-state index >= 15 is 0 Å². The van der Waals surface area contributed by atoms with Crippen molar-refractivity contribution in [3.05, 3.63) is 11.8 Å². The molecule has 0 radical (unpaired) electrons. The van der Waals surface area contributed by atoms with Crippen molar-refractivity contribution < 1.29 is 13.3 Å². The summed E-state index contributed by atoms with van der Waals surface area (Å²) < 4.78 is 17.6. The van der Waals surface area contributed by atoms with E-state index in [0.717, 1.165) is 5.76 Å². The first-order chi connectivity index (χ1) is 7.64. The summed E-state index contributed by atoms with van der Waals surface area (Å²) in [6, 6.07) is 0. The van der Waals surface area contributed by atoms with Gasteiger partial charge >= 0.3 is 8.80 Å². The largest absolute Gasteiger partial charge is 0.562 e. The molecular formula is C13H28O3Si. The van der Waals surface area contributed by atoms with Crippen LogP contribution in [-0.2, 0) is 13.3 Å². The topological polar surface area (TPSA) is 27.7 Å². The van der Waals surface area contributed by atoms with Crippen LogP contribution in [0.1, 0.15) is 48.5 Å². The average molecular weight is 260 g/mol. The summed E-state index contributed by atoms with van der Waals surface area (Å²) in [5.74, 6) is 1.35. The Morgan fingerprint density at radius 1 is 0.941 bits per heavy atom. The van der Waals surface area contributed by atoms with Gasteiger partial charge in [0, 0.05) is 18.8 Å². The molecule has 0 fully saturated rings. The molecule has 17 heavy (non-hydrogen) atoms. The quantitative estimate of drug-likeness (QED) is 0.512. The highest BCUT2D eigenvalue weighted by Crippen LogP contribution is 2.19. The number of allylic oxidation sites excluding steroid dienone is 2. The molecule has 0 N–H and O–H groups in total. The molecule has 0 aromatic carbocycles. The van der Waals surface area contributed by atoms with E-state index in [2.05, 4.69) is 19.9 Å². The van der Waals surface area contributed by atoms with Crippen molar-refractivity contribution >= 4 is 8.80 Å². The van der Waals surface area contributed by atoms with Crippen molar-refractivity contribution in [1.29, 1.82) is 0 Å². The average Bonchev–Trinajstić information content (AvgIpc) is 1.95. The first-order valence-corrected chi connectivity index (χ1v) is 8.60. The van der Waals surface area contributed by atoms with Gasteiger partial charge in [0.05, 0.1) is 5.76 Å². The highest BCUT2D eigenvalue weighted by atomic mass is 28.4. The molecule has 0 unspecified atom stereocenters. The molecule has 0 saturated carbocycles. The Kier molecular flexibility index (Phi) is 7.05. The summed E-state index contributed by atoms with van der Waals surface area (Å²) in [4.78, 5) is 0. The van der Waals surface area contributed by atoms with Crippen LogP contribution in [0.15, 0.2) is 11.8 Å². The second-order valence-corrected chi connectivity index (χ2v) is 7.72. The smallest absolute Gasteiger partial charge is 0.505 e. The fraction of sp³-hybridized carbons (Fsp3) is 0.846. The molecule has 3 nitrogen and oxygen atoms in total. The summed E-state index contributed by atoms with van der Waals surface area (Å²) in [6.45, 7) is 16.2. The van der Waals surface area contributed by atoms with Crippen LogP contribution in [0.3, 0.4) is 0 Å². The van der Waals surface area contributed by atoms with E-state index in [1.165, 1.54) is 0 Å². The second-order valence-electron chi connectivity index (χ2n) is 5.32. The van der Waals surface area contributed by atoms with E-state index in [9.17, 15) is 0 Å². The lowest BCUT2D eigenvalue weighted by Gasteiger charge is -2.30. The molecule has 0 heterocycles. The van der Waals surface area contributed by atoms with Crippen LogP contribution >= 0.6 is 0 Å². The predicted molar refractivity (Wildman–Crippen MR) is 73.7 cm³/mol. The molecule has 0 rings (SSSR count). The molecule has 0 aliphatic carbocycles. The van der Waals surface area contributed by atoms with Crippen LogP contribution in [0.5, 0.6) is 0 Å². The van der Waals surface area contributed by atoms with Crippen molar-refractivity contribution in [2.75, 3.05) is 0 Å². The van der Waals surface area contributed by atoms with Gasteiger partial charge in [-0.05, 0) is 46.6 Å². The van der Waals surface area contributed by atoms with Gasteiger partial charge in [-0.2, -0.15) is 0 Å². The number of hydrogen-bond donors (Lipinski definition) is 0. The van der Waals surface area contributed by atoms with Crippen LogP contribution in [0, 0.1) is 5.92 Å². The Hall–Kier alpha value is -0.323. The zero-order chi connectivity index (χ0) is 13.6. The maximum atomic E-state index is 5.93. The maximum Gasteiger partial charge on any atom is 0.562 e. The van der Waals surface area contributed by atoms with Crippen molar-refractivity contribution in [3.8, 4) is 0 Å². The molecule has 0 aliphatic rings. The van der Waals surface area contributed by atoms with Crippen LogP contribution in [-0.4, -0.2) is 21.0 Å². The third-order valence-electron chi connectivity index (χ3n) is 1.81. The molecule has 0 aromatic rings. The van der Waals surface area contributed by atoms with Gasteiger partial charge in [0.15, 0.2) is 0 Å². The Morgan fingerprint density at radius 2 is 1.35 bits per heavy atom. The maximum absolute atomic E-state index is 5.93. The summed E-state index contributed by atoms with van der Waals surface area (Å²) in [5, 5.41) is 0. The third kappa shape index (κ3) is 8.41. The lowest BCUT2D eigenvalue weighted by molar-refractivity contribution is 0.0425. The van der Waals surface area contributed by atoms with Gasteiger partial charge in [-0.1, -0.05) is 13.8 Å². The Morgan fingerprint density at radius 3 is 1.65 bits per heavy atom. The van der Waals surface area contributed by atoms with Crippen LogP contribution < -0.4 is 0 Å². The lowest BCUT2D eigenvalue weighted by atomic mass is 10.2. The summed E-state index contributed by atoms with van der Waals surface area (Å²) >= 11 is 0. The van der Waals surface area contributed by atoms with Crippen LogP contribution in [0.25, 0.3) is 0 Å². The molecule has 0 bridgehead atoms. The van der Waals surface area contributed by atoms with Crippen molar-refractivity contribution in [2.24, 2.45) is 5.92 Å². The fourth-order valence-electron chi connectivity index (χ4n) is 1.73. The van der Waals surface area contributed by atoms with Gasteiger partial charge in [0.25, 0.3) is 0 Å². The van der Waals surface area contributed by atoms with Gasteiger partial charge < -0.3 is 13.3 Å². The monoisotopic (exact) mass is 260 g/mol. The number of hydrogen-bond acceptors (Lipinski definition) is 3. The first-order valence-electron chi connectivity index (χ1n) is 6.37. The highest BCUT2D eigenvalue weighted by molar-refractivity contribution is 6.59. The summed E-state index contributed by atoms with van der Waals surface area (Å²) in [7, 11) is -2.57. The van der Waals surface area contributed by atoms with Gasteiger partial charge in [0.2, 0.25) is 0 Å². The van der Waals surface area contributed by atoms with Crippen molar-refractivity contribution in [3.63, 3.8) is 0 Å². The predicted octanol–water partition coefficient (Wildman–Crippen LogP) is 3.98. The fourth-order valence-corrected chi connectivity index (χ4v) is 4.25. The lowest BCUT2D eigenvalue weighted by Crippen LogP contribution is -2.45. The summed E-state index contributed by atoms with van der Waals surface area (Å²) in [5.41, 5.74) is 0. The van der Waals surface area contributed by atoms with Gasteiger partial charge in [-0.25, -0.2) is 0 Å². The SMILES string of the molecule is C/C(=C/C(C)C)O[Si](C)(OC(C)C)OC(C)C. The molecule has 0 aromatic heterocycles. The molecular weight excluding hydrogens is 232 g/mol. The zero-order valence-corrected chi connectivity index (χ0v) is 13.5. The molecule has 0 amide bonds. The Bertz CT molecular complexity index is 237. The Balaban J connectivity index is 4.69. The number of rotatable bonds is 7. The van der Waals surface area contributed by atoms with Crippen molar-refractivity contribution in [1.82, 2.24) is 0 Å². The minimum absolute atomic E-state index is 0.109. The molecule has 0 aliphatic heterocycles. The molecule has 102 valence electrons. The molecule has 0 spiro atoms. The second kappa shape index (κ2) is 7.19. The van der Waals surface area contributed by atoms with Gasteiger partial charge in [0.1, 0.15) is 0 Å². The Labute approximate surface area is 108 Å². The normalized spacial score (nSPS) is 13.9. The van der Waals surface area contributed by atoms with E-state index in [1.54, 1.807) is 0 Å². The highest BCUT2D eigenvalue weighted by Gasteiger charge is 2.39. The van der Waals surface area contributed by atoms with E-state index in [0.29, 0.717) is 5.92 Å². The zero-order valence-electron chi connectivity index (χ0n) is 12.5. The molecule has 0 saturated heterocycles. The standard InChI is InChI=1S/C13H28O3Si/c1-10(2)9-13(7)16-17(8,14-11(3)4)15-12(5)6/h9-12H,1-8H3/b13-9-. The third-order valence-corrected chi connectivity index (χ3v) is 4.31. The van der Waals surface area contributed by atoms with E-state index in [1.807, 2.05) is 41.2 Å². The minimum Gasteiger partial charge on any atom is -0.505 e. The van der Waals surface area contributed by atoms with Crippen LogP contribution in [0.2, 0.25) is 6.55 Å². The summed E-state index contributed by atoms with van der Waals surface area (Å²) in [6.07, 6.45) is 2.30. The molecule has 4 heteroatoms. The van der Waals surface area contributed by atoms with E-state index in [4.69, 9.17) is 13.3 Å². The first kappa shape index (κ1) is 16.7. The van der Waals surface area contributed by atoms with Crippen molar-refractivity contribution in [2.45, 2.75) is 67.2 Å². The van der Waals surface area contributed by atoms with E-state index < -0.39 is 8.80 Å². The van der Waals surface area contributed by atoms with Crippen LogP contribution in [0.4, 0.5) is 0 Å². The minimum atomic E-state index is -2.57. The van der Waals surface area contributed by atoms with E-state index in [-0.39, 0.29) is 12.2 Å². The van der Waals surface area contributed by atoms with Gasteiger partial charge in [-0.3, -0.25) is 0 Å².